The van der Waals surface area contributed by atoms with Crippen molar-refractivity contribution in [1.29, 1.82) is 0 Å². The van der Waals surface area contributed by atoms with Gasteiger partial charge in [0.2, 0.25) is 5.91 Å². The van der Waals surface area contributed by atoms with E-state index in [0.717, 1.165) is 5.69 Å². The van der Waals surface area contributed by atoms with E-state index in [0.29, 0.717) is 24.6 Å². The molecule has 1 aromatic rings. The predicted molar refractivity (Wildman–Crippen MR) is 96.4 cm³/mol. The summed E-state index contributed by atoms with van der Waals surface area (Å²) in [6, 6.07) is 4.60. The van der Waals surface area contributed by atoms with Crippen LogP contribution in [0.2, 0.25) is 0 Å². The Bertz CT molecular complexity index is 654. The van der Waals surface area contributed by atoms with Gasteiger partial charge in [0.1, 0.15) is 6.04 Å². The minimum absolute atomic E-state index is 0.123. The summed E-state index contributed by atoms with van der Waals surface area (Å²) >= 11 is 0. The number of methoxy groups -OCH3 is 2. The van der Waals surface area contributed by atoms with Gasteiger partial charge in [-0.2, -0.15) is 0 Å². The summed E-state index contributed by atoms with van der Waals surface area (Å²) < 4.78 is 10.5. The van der Waals surface area contributed by atoms with Crippen LogP contribution >= 0.6 is 0 Å². The van der Waals surface area contributed by atoms with E-state index >= 15 is 0 Å². The molecular formula is C18H27N3O4. The summed E-state index contributed by atoms with van der Waals surface area (Å²) in [6.07, 6.45) is 0. The first-order valence-electron chi connectivity index (χ1n) is 8.30. The maximum absolute atomic E-state index is 12.8. The highest BCUT2D eigenvalue weighted by molar-refractivity contribution is 6.00. The van der Waals surface area contributed by atoms with Crippen LogP contribution in [0.5, 0.6) is 11.5 Å². The summed E-state index contributed by atoms with van der Waals surface area (Å²) in [6.45, 7) is 8.38. The number of nitrogens with one attached hydrogen (secondary N) is 1. The molecule has 25 heavy (non-hydrogen) atoms. The molecule has 1 heterocycles. The molecular weight excluding hydrogens is 322 g/mol. The summed E-state index contributed by atoms with van der Waals surface area (Å²) in [7, 11) is 3.12. The molecule has 1 aliphatic rings. The van der Waals surface area contributed by atoms with Gasteiger partial charge in [-0.05, 0) is 39.8 Å². The van der Waals surface area contributed by atoms with Crippen molar-refractivity contribution in [3.05, 3.63) is 18.2 Å². The van der Waals surface area contributed by atoms with E-state index in [-0.39, 0.29) is 17.5 Å². The van der Waals surface area contributed by atoms with Crippen molar-refractivity contribution >= 4 is 17.6 Å². The molecule has 138 valence electrons. The molecule has 0 saturated carbocycles. The maximum atomic E-state index is 12.8. The van der Waals surface area contributed by atoms with Gasteiger partial charge in [-0.3, -0.25) is 4.79 Å². The molecule has 7 nitrogen and oxygen atoms in total. The minimum Gasteiger partial charge on any atom is -0.493 e. The number of nitrogens with zero attached hydrogens (tertiary/aromatic N) is 2. The Morgan fingerprint density at radius 3 is 2.36 bits per heavy atom. The number of carbonyl (C=O) groups is 2. The molecule has 2 rings (SSSR count). The lowest BCUT2D eigenvalue weighted by molar-refractivity contribution is -0.124. The van der Waals surface area contributed by atoms with Gasteiger partial charge in [-0.1, -0.05) is 0 Å². The molecule has 1 atom stereocenters. The number of rotatable bonds is 3. The van der Waals surface area contributed by atoms with Gasteiger partial charge < -0.3 is 24.6 Å². The molecule has 0 aromatic heterocycles. The van der Waals surface area contributed by atoms with E-state index in [9.17, 15) is 9.59 Å². The third kappa shape index (κ3) is 4.15. The normalized spacial score (nSPS) is 18.2. The van der Waals surface area contributed by atoms with Gasteiger partial charge in [0, 0.05) is 30.4 Å². The van der Waals surface area contributed by atoms with Crippen molar-refractivity contribution in [1.82, 2.24) is 10.2 Å². The number of anilines is 1. The lowest BCUT2D eigenvalue weighted by Crippen LogP contribution is -2.61. The topological polar surface area (TPSA) is 71.1 Å². The standard InChI is InChI=1S/C18H27N3O4/c1-12-16(22)21(10-9-20(12)17(23)19-18(2,3)4)13-7-8-14(24-5)15(11-13)25-6/h7-8,11-12H,9-10H2,1-6H3,(H,19,23). The van der Waals surface area contributed by atoms with Crippen molar-refractivity contribution in [3.63, 3.8) is 0 Å². The Morgan fingerprint density at radius 2 is 1.80 bits per heavy atom. The first-order chi connectivity index (χ1) is 11.7. The van der Waals surface area contributed by atoms with E-state index in [4.69, 9.17) is 9.47 Å². The van der Waals surface area contributed by atoms with Crippen LogP contribution in [-0.2, 0) is 4.79 Å². The molecule has 7 heteroatoms. The first kappa shape index (κ1) is 18.9. The average molecular weight is 349 g/mol. The number of hydrogen-bond acceptors (Lipinski definition) is 4. The van der Waals surface area contributed by atoms with E-state index in [1.54, 1.807) is 43.1 Å². The van der Waals surface area contributed by atoms with Gasteiger partial charge in [0.05, 0.1) is 14.2 Å². The Kier molecular flexibility index (Phi) is 5.45. The van der Waals surface area contributed by atoms with Crippen LogP contribution in [0.15, 0.2) is 18.2 Å². The number of piperazine rings is 1. The lowest BCUT2D eigenvalue weighted by atomic mass is 10.1. The molecule has 0 spiro atoms. The molecule has 1 aliphatic heterocycles. The third-order valence-corrected chi connectivity index (χ3v) is 4.08. The molecule has 0 aliphatic carbocycles. The number of amides is 3. The second kappa shape index (κ2) is 7.21. The monoisotopic (exact) mass is 349 g/mol. The fourth-order valence-corrected chi connectivity index (χ4v) is 2.79. The number of urea groups is 1. The zero-order valence-electron chi connectivity index (χ0n) is 15.8. The lowest BCUT2D eigenvalue weighted by Gasteiger charge is -2.40. The van der Waals surface area contributed by atoms with Gasteiger partial charge in [0.15, 0.2) is 11.5 Å². The highest BCUT2D eigenvalue weighted by Gasteiger charge is 2.36. The van der Waals surface area contributed by atoms with Gasteiger partial charge in [-0.15, -0.1) is 0 Å². The minimum atomic E-state index is -0.538. The molecule has 1 unspecified atom stereocenters. The number of benzene rings is 1. The van der Waals surface area contributed by atoms with Gasteiger partial charge in [0.25, 0.3) is 0 Å². The van der Waals surface area contributed by atoms with Crippen molar-refractivity contribution in [3.8, 4) is 11.5 Å². The zero-order chi connectivity index (χ0) is 18.8. The summed E-state index contributed by atoms with van der Waals surface area (Å²) in [4.78, 5) is 28.4. The summed E-state index contributed by atoms with van der Waals surface area (Å²) in [5.74, 6) is 1.05. The van der Waals surface area contributed by atoms with Crippen LogP contribution in [0.4, 0.5) is 10.5 Å². The van der Waals surface area contributed by atoms with E-state index < -0.39 is 6.04 Å². The molecule has 1 aromatic carbocycles. The van der Waals surface area contributed by atoms with Crippen LogP contribution in [0.25, 0.3) is 0 Å². The van der Waals surface area contributed by atoms with Gasteiger partial charge in [-0.25, -0.2) is 4.79 Å². The Balaban J connectivity index is 2.18. The van der Waals surface area contributed by atoms with Crippen LogP contribution in [0.1, 0.15) is 27.7 Å². The van der Waals surface area contributed by atoms with Crippen molar-refractivity contribution < 1.29 is 19.1 Å². The predicted octanol–water partition coefficient (Wildman–Crippen LogP) is 2.25. The van der Waals surface area contributed by atoms with E-state index in [1.807, 2.05) is 26.8 Å². The fraction of sp³-hybridized carbons (Fsp3) is 0.556. The molecule has 1 saturated heterocycles. The third-order valence-electron chi connectivity index (χ3n) is 4.08. The van der Waals surface area contributed by atoms with Crippen LogP contribution in [0.3, 0.4) is 0 Å². The maximum Gasteiger partial charge on any atom is 0.318 e. The smallest absolute Gasteiger partial charge is 0.318 e. The number of ether oxygens (including phenoxy) is 2. The van der Waals surface area contributed by atoms with Crippen molar-refractivity contribution in [2.75, 3.05) is 32.2 Å². The van der Waals surface area contributed by atoms with Crippen LogP contribution in [-0.4, -0.2) is 55.7 Å². The summed E-state index contributed by atoms with van der Waals surface area (Å²) in [5.41, 5.74) is 0.380. The zero-order valence-corrected chi connectivity index (χ0v) is 15.8. The quantitative estimate of drug-likeness (QED) is 0.908. The van der Waals surface area contributed by atoms with Crippen LogP contribution in [0, 0.1) is 0 Å². The van der Waals surface area contributed by atoms with Crippen molar-refractivity contribution in [2.45, 2.75) is 39.3 Å². The average Bonchev–Trinajstić information content (AvgIpc) is 2.55. The second-order valence-electron chi connectivity index (χ2n) is 7.08. The molecule has 1 fully saturated rings. The second-order valence-corrected chi connectivity index (χ2v) is 7.08. The number of carbonyl (C=O) groups excluding carboxylic acids is 2. The SMILES string of the molecule is COc1ccc(N2CCN(C(=O)NC(C)(C)C)C(C)C2=O)cc1OC. The fourth-order valence-electron chi connectivity index (χ4n) is 2.79. The first-order valence-corrected chi connectivity index (χ1v) is 8.30. The van der Waals surface area contributed by atoms with Crippen molar-refractivity contribution in [2.24, 2.45) is 0 Å². The van der Waals surface area contributed by atoms with Gasteiger partial charge >= 0.3 is 6.03 Å². The molecule has 3 amide bonds. The van der Waals surface area contributed by atoms with E-state index in [2.05, 4.69) is 5.32 Å². The molecule has 0 radical (unpaired) electrons. The largest absolute Gasteiger partial charge is 0.493 e. The molecule has 0 bridgehead atoms. The Labute approximate surface area is 148 Å². The van der Waals surface area contributed by atoms with E-state index in [1.165, 1.54) is 0 Å². The number of hydrogen-bond donors (Lipinski definition) is 1. The Morgan fingerprint density at radius 1 is 1.16 bits per heavy atom. The highest BCUT2D eigenvalue weighted by Crippen LogP contribution is 2.32. The summed E-state index contributed by atoms with van der Waals surface area (Å²) in [5, 5.41) is 2.91. The highest BCUT2D eigenvalue weighted by atomic mass is 16.5. The van der Waals surface area contributed by atoms with Crippen LogP contribution < -0.4 is 19.7 Å². The molecule has 1 N–H and O–H groups in total. The Hall–Kier alpha value is -2.44.